The van der Waals surface area contributed by atoms with Gasteiger partial charge in [0, 0.05) is 23.2 Å². The van der Waals surface area contributed by atoms with Gasteiger partial charge in [-0.05, 0) is 67.6 Å². The van der Waals surface area contributed by atoms with E-state index in [-0.39, 0.29) is 11.8 Å². The standard InChI is InChI=1S/C23H29ClN2O/c1-3-18-8-6-9-19(4-2)22(18)25-23(27)20-11-13-26(14-12-20)16-17-7-5-10-21(24)15-17/h5-10,15,20H,3-4,11-14,16H2,1-2H3,(H,25,27). The minimum Gasteiger partial charge on any atom is -0.325 e. The summed E-state index contributed by atoms with van der Waals surface area (Å²) >= 11 is 6.08. The Labute approximate surface area is 167 Å². The zero-order chi connectivity index (χ0) is 19.2. The quantitative estimate of drug-likeness (QED) is 0.731. The topological polar surface area (TPSA) is 32.3 Å². The number of amides is 1. The number of carbonyl (C=O) groups excluding carboxylic acids is 1. The van der Waals surface area contributed by atoms with Crippen molar-refractivity contribution >= 4 is 23.2 Å². The molecule has 2 aromatic rings. The van der Waals surface area contributed by atoms with Gasteiger partial charge in [0.2, 0.25) is 5.91 Å². The van der Waals surface area contributed by atoms with Gasteiger partial charge in [0.25, 0.3) is 0 Å². The number of aryl methyl sites for hydroxylation is 2. The van der Waals surface area contributed by atoms with Crippen molar-refractivity contribution < 1.29 is 4.79 Å². The van der Waals surface area contributed by atoms with Crippen LogP contribution in [0, 0.1) is 5.92 Å². The number of carbonyl (C=O) groups is 1. The normalized spacial score (nSPS) is 15.7. The first kappa shape index (κ1) is 19.9. The molecule has 27 heavy (non-hydrogen) atoms. The van der Waals surface area contributed by atoms with Gasteiger partial charge in [-0.2, -0.15) is 0 Å². The summed E-state index contributed by atoms with van der Waals surface area (Å²) in [5.41, 5.74) is 4.71. The van der Waals surface area contributed by atoms with E-state index >= 15 is 0 Å². The van der Waals surface area contributed by atoms with Gasteiger partial charge in [-0.15, -0.1) is 0 Å². The molecule has 1 N–H and O–H groups in total. The van der Waals surface area contributed by atoms with Crippen molar-refractivity contribution in [1.82, 2.24) is 4.90 Å². The van der Waals surface area contributed by atoms with E-state index in [1.807, 2.05) is 18.2 Å². The third-order valence-corrected chi connectivity index (χ3v) is 5.74. The first-order valence-corrected chi connectivity index (χ1v) is 10.4. The molecule has 1 fully saturated rings. The molecule has 4 heteroatoms. The van der Waals surface area contributed by atoms with Gasteiger partial charge in [-0.3, -0.25) is 9.69 Å². The number of nitrogens with zero attached hydrogens (tertiary/aromatic N) is 1. The lowest BCUT2D eigenvalue weighted by atomic mass is 9.94. The average Bonchev–Trinajstić information content (AvgIpc) is 2.68. The summed E-state index contributed by atoms with van der Waals surface area (Å²) in [6.45, 7) is 7.06. The van der Waals surface area contributed by atoms with Crippen LogP contribution in [0.2, 0.25) is 5.02 Å². The Kier molecular flexibility index (Phi) is 6.92. The van der Waals surface area contributed by atoms with Crippen LogP contribution in [0.1, 0.15) is 43.4 Å². The van der Waals surface area contributed by atoms with Crippen LogP contribution < -0.4 is 5.32 Å². The summed E-state index contributed by atoms with van der Waals surface area (Å²) in [7, 11) is 0. The van der Waals surface area contributed by atoms with Crippen molar-refractivity contribution in [3.05, 3.63) is 64.2 Å². The van der Waals surface area contributed by atoms with Gasteiger partial charge in [0.15, 0.2) is 0 Å². The molecule has 1 saturated heterocycles. The Morgan fingerprint density at radius 1 is 1.07 bits per heavy atom. The van der Waals surface area contributed by atoms with Crippen molar-refractivity contribution in [3.8, 4) is 0 Å². The van der Waals surface area contributed by atoms with Crippen LogP contribution in [0.25, 0.3) is 0 Å². The third kappa shape index (κ3) is 5.12. The van der Waals surface area contributed by atoms with Crippen LogP contribution in [0.4, 0.5) is 5.69 Å². The van der Waals surface area contributed by atoms with Gasteiger partial charge < -0.3 is 5.32 Å². The zero-order valence-corrected chi connectivity index (χ0v) is 17.1. The third-order valence-electron chi connectivity index (χ3n) is 5.50. The number of piperidine rings is 1. The van der Waals surface area contributed by atoms with Crippen molar-refractivity contribution in [2.75, 3.05) is 18.4 Å². The molecule has 0 radical (unpaired) electrons. The number of halogens is 1. The van der Waals surface area contributed by atoms with Crippen LogP contribution >= 0.6 is 11.6 Å². The molecule has 0 atom stereocenters. The maximum atomic E-state index is 12.9. The van der Waals surface area contributed by atoms with E-state index in [1.165, 1.54) is 16.7 Å². The number of hydrogen-bond acceptors (Lipinski definition) is 2. The summed E-state index contributed by atoms with van der Waals surface area (Å²) in [5.74, 6) is 0.267. The fourth-order valence-corrected chi connectivity index (χ4v) is 4.09. The highest BCUT2D eigenvalue weighted by atomic mass is 35.5. The molecule has 3 nitrogen and oxygen atoms in total. The van der Waals surface area contributed by atoms with Crippen molar-refractivity contribution in [1.29, 1.82) is 0 Å². The molecule has 1 heterocycles. The summed E-state index contributed by atoms with van der Waals surface area (Å²) in [4.78, 5) is 15.3. The van der Waals surface area contributed by atoms with Gasteiger partial charge in [-0.1, -0.05) is 55.8 Å². The first-order valence-electron chi connectivity index (χ1n) is 9.99. The lowest BCUT2D eigenvalue weighted by molar-refractivity contribution is -0.121. The highest BCUT2D eigenvalue weighted by molar-refractivity contribution is 6.30. The van der Waals surface area contributed by atoms with E-state index in [0.717, 1.165) is 56.0 Å². The second-order valence-corrected chi connectivity index (χ2v) is 7.76. The van der Waals surface area contributed by atoms with Gasteiger partial charge in [-0.25, -0.2) is 0 Å². The van der Waals surface area contributed by atoms with E-state index in [2.05, 4.69) is 48.3 Å². The average molecular weight is 385 g/mol. The van der Waals surface area contributed by atoms with Crippen LogP contribution in [0.5, 0.6) is 0 Å². The second kappa shape index (κ2) is 9.38. The van der Waals surface area contributed by atoms with Crippen LogP contribution in [0.15, 0.2) is 42.5 Å². The van der Waals surface area contributed by atoms with Crippen LogP contribution in [0.3, 0.4) is 0 Å². The fraction of sp³-hybridized carbons (Fsp3) is 0.435. The van der Waals surface area contributed by atoms with Crippen LogP contribution in [-0.2, 0) is 24.2 Å². The molecule has 1 aliphatic rings. The highest BCUT2D eigenvalue weighted by Crippen LogP contribution is 2.26. The lowest BCUT2D eigenvalue weighted by Crippen LogP contribution is -2.38. The van der Waals surface area contributed by atoms with Gasteiger partial charge >= 0.3 is 0 Å². The smallest absolute Gasteiger partial charge is 0.227 e. The summed E-state index contributed by atoms with van der Waals surface area (Å²) in [5, 5.41) is 4.03. The number of rotatable bonds is 6. The zero-order valence-electron chi connectivity index (χ0n) is 16.3. The lowest BCUT2D eigenvalue weighted by Gasteiger charge is -2.31. The van der Waals surface area contributed by atoms with Crippen molar-refractivity contribution in [2.45, 2.75) is 46.1 Å². The molecule has 3 rings (SSSR count). The number of nitrogens with one attached hydrogen (secondary N) is 1. The van der Waals surface area contributed by atoms with Crippen molar-refractivity contribution in [3.63, 3.8) is 0 Å². The Bertz CT molecular complexity index is 759. The second-order valence-electron chi connectivity index (χ2n) is 7.33. The monoisotopic (exact) mass is 384 g/mol. The minimum atomic E-state index is 0.0928. The highest BCUT2D eigenvalue weighted by Gasteiger charge is 2.25. The Morgan fingerprint density at radius 2 is 1.70 bits per heavy atom. The molecule has 0 aliphatic carbocycles. The van der Waals surface area contributed by atoms with Gasteiger partial charge in [0.1, 0.15) is 0 Å². The predicted octanol–water partition coefficient (Wildman–Crippen LogP) is 5.32. The summed E-state index contributed by atoms with van der Waals surface area (Å²) < 4.78 is 0. The van der Waals surface area contributed by atoms with Crippen LogP contribution in [-0.4, -0.2) is 23.9 Å². The largest absolute Gasteiger partial charge is 0.325 e. The number of benzene rings is 2. The molecular weight excluding hydrogens is 356 g/mol. The van der Waals surface area contributed by atoms with Crippen molar-refractivity contribution in [2.24, 2.45) is 5.92 Å². The molecule has 0 unspecified atom stereocenters. The van der Waals surface area contributed by atoms with E-state index < -0.39 is 0 Å². The van der Waals surface area contributed by atoms with Gasteiger partial charge in [0.05, 0.1) is 0 Å². The number of hydrogen-bond donors (Lipinski definition) is 1. The first-order chi connectivity index (χ1) is 13.1. The van der Waals surface area contributed by atoms with E-state index in [0.29, 0.717) is 0 Å². The molecule has 2 aromatic carbocycles. The Balaban J connectivity index is 1.58. The number of para-hydroxylation sites is 1. The molecule has 1 amide bonds. The molecule has 0 saturated carbocycles. The fourth-order valence-electron chi connectivity index (χ4n) is 3.88. The minimum absolute atomic E-state index is 0.0928. The number of anilines is 1. The Morgan fingerprint density at radius 3 is 2.30 bits per heavy atom. The Hall–Kier alpha value is -1.84. The molecule has 144 valence electrons. The predicted molar refractivity (Wildman–Crippen MR) is 113 cm³/mol. The van der Waals surface area contributed by atoms with E-state index in [4.69, 9.17) is 11.6 Å². The summed E-state index contributed by atoms with van der Waals surface area (Å²) in [6.07, 6.45) is 3.67. The maximum absolute atomic E-state index is 12.9. The molecule has 0 aromatic heterocycles. The molecule has 0 bridgehead atoms. The molecule has 1 aliphatic heterocycles. The van der Waals surface area contributed by atoms with E-state index in [1.54, 1.807) is 0 Å². The maximum Gasteiger partial charge on any atom is 0.227 e. The molecule has 0 spiro atoms. The number of likely N-dealkylation sites (tertiary alicyclic amines) is 1. The molecular formula is C23H29ClN2O. The SMILES string of the molecule is CCc1cccc(CC)c1NC(=O)C1CCN(Cc2cccc(Cl)c2)CC1. The van der Waals surface area contributed by atoms with E-state index in [9.17, 15) is 4.79 Å². The summed E-state index contributed by atoms with van der Waals surface area (Å²) in [6, 6.07) is 14.3.